The minimum Gasteiger partial charge on any atom is -0.321 e. The normalized spacial score (nSPS) is 10.2. The van der Waals surface area contributed by atoms with E-state index in [1.54, 1.807) is 11.3 Å². The Hall–Kier alpha value is -2.39. The molecule has 2 nitrogen and oxygen atoms in total. The van der Waals surface area contributed by atoms with E-state index in [1.807, 2.05) is 59.3 Å². The fraction of sp³-hybridized carbons (Fsp3) is 0. The Morgan fingerprint density at radius 3 is 2.20 bits per heavy atom. The SMILES string of the molecule is O=C(Nc1ccsc1)c1ccc(-c2ccccc2)cc1. The van der Waals surface area contributed by atoms with Gasteiger partial charge in [0.25, 0.3) is 5.91 Å². The van der Waals surface area contributed by atoms with Crippen LogP contribution < -0.4 is 5.32 Å². The average molecular weight is 279 g/mol. The number of hydrogen-bond acceptors (Lipinski definition) is 2. The highest BCUT2D eigenvalue weighted by Crippen LogP contribution is 2.20. The summed E-state index contributed by atoms with van der Waals surface area (Å²) in [4.78, 5) is 12.1. The Morgan fingerprint density at radius 1 is 0.850 bits per heavy atom. The van der Waals surface area contributed by atoms with E-state index < -0.39 is 0 Å². The summed E-state index contributed by atoms with van der Waals surface area (Å²) in [5, 5.41) is 6.72. The molecule has 0 aliphatic carbocycles. The number of carbonyl (C=O) groups excluding carboxylic acids is 1. The quantitative estimate of drug-likeness (QED) is 0.741. The molecule has 3 rings (SSSR count). The molecule has 1 heterocycles. The molecule has 98 valence electrons. The van der Waals surface area contributed by atoms with Crippen molar-refractivity contribution in [2.24, 2.45) is 0 Å². The van der Waals surface area contributed by atoms with Gasteiger partial charge in [-0.15, -0.1) is 0 Å². The van der Waals surface area contributed by atoms with Crippen molar-refractivity contribution in [1.82, 2.24) is 0 Å². The zero-order chi connectivity index (χ0) is 13.8. The number of benzene rings is 2. The summed E-state index contributed by atoms with van der Waals surface area (Å²) in [5.41, 5.74) is 3.76. The molecule has 0 radical (unpaired) electrons. The number of hydrogen-bond donors (Lipinski definition) is 1. The highest BCUT2D eigenvalue weighted by molar-refractivity contribution is 7.08. The van der Waals surface area contributed by atoms with Crippen molar-refractivity contribution in [3.63, 3.8) is 0 Å². The smallest absolute Gasteiger partial charge is 0.255 e. The molecule has 1 N–H and O–H groups in total. The summed E-state index contributed by atoms with van der Waals surface area (Å²) >= 11 is 1.56. The molecule has 0 aliphatic rings. The Labute approximate surface area is 121 Å². The van der Waals surface area contributed by atoms with Gasteiger partial charge in [0, 0.05) is 10.9 Å². The van der Waals surface area contributed by atoms with Crippen LogP contribution in [0.25, 0.3) is 11.1 Å². The van der Waals surface area contributed by atoms with Gasteiger partial charge in [0.1, 0.15) is 0 Å². The molecule has 0 saturated carbocycles. The fourth-order valence-corrected chi connectivity index (χ4v) is 2.57. The minimum atomic E-state index is -0.0805. The topological polar surface area (TPSA) is 29.1 Å². The Bertz CT molecular complexity index is 688. The molecule has 0 fully saturated rings. The summed E-state index contributed by atoms with van der Waals surface area (Å²) in [5.74, 6) is -0.0805. The van der Waals surface area contributed by atoms with Gasteiger partial charge < -0.3 is 5.32 Å². The molecule has 0 saturated heterocycles. The van der Waals surface area contributed by atoms with Gasteiger partial charge in [-0.2, -0.15) is 11.3 Å². The predicted molar refractivity (Wildman–Crippen MR) is 84.2 cm³/mol. The van der Waals surface area contributed by atoms with Crippen molar-refractivity contribution in [3.05, 3.63) is 77.0 Å². The van der Waals surface area contributed by atoms with Crippen molar-refractivity contribution in [1.29, 1.82) is 0 Å². The number of amides is 1. The predicted octanol–water partition coefficient (Wildman–Crippen LogP) is 4.67. The van der Waals surface area contributed by atoms with Crippen molar-refractivity contribution >= 4 is 22.9 Å². The van der Waals surface area contributed by atoms with Crippen LogP contribution in [-0.2, 0) is 0 Å². The maximum Gasteiger partial charge on any atom is 0.255 e. The lowest BCUT2D eigenvalue weighted by Crippen LogP contribution is -2.10. The number of rotatable bonds is 3. The van der Waals surface area contributed by atoms with E-state index in [9.17, 15) is 4.79 Å². The minimum absolute atomic E-state index is 0.0805. The van der Waals surface area contributed by atoms with E-state index >= 15 is 0 Å². The molecule has 0 aliphatic heterocycles. The molecule has 3 aromatic rings. The van der Waals surface area contributed by atoms with E-state index in [-0.39, 0.29) is 5.91 Å². The summed E-state index contributed by atoms with van der Waals surface area (Å²) in [6.07, 6.45) is 0. The summed E-state index contributed by atoms with van der Waals surface area (Å²) in [7, 11) is 0. The lowest BCUT2D eigenvalue weighted by molar-refractivity contribution is 0.102. The van der Waals surface area contributed by atoms with Gasteiger partial charge in [-0.25, -0.2) is 0 Å². The van der Waals surface area contributed by atoms with E-state index in [1.165, 1.54) is 0 Å². The maximum absolute atomic E-state index is 12.1. The first kappa shape index (κ1) is 12.6. The third-order valence-corrected chi connectivity index (χ3v) is 3.72. The van der Waals surface area contributed by atoms with Crippen LogP contribution in [0.2, 0.25) is 0 Å². The van der Waals surface area contributed by atoms with Crippen LogP contribution in [0.1, 0.15) is 10.4 Å². The second-order valence-electron chi connectivity index (χ2n) is 4.41. The summed E-state index contributed by atoms with van der Waals surface area (Å²) in [6.45, 7) is 0. The van der Waals surface area contributed by atoms with Crippen LogP contribution in [0.4, 0.5) is 5.69 Å². The van der Waals surface area contributed by atoms with Gasteiger partial charge in [0.05, 0.1) is 5.69 Å². The van der Waals surface area contributed by atoms with Crippen molar-refractivity contribution in [2.45, 2.75) is 0 Å². The van der Waals surface area contributed by atoms with Crippen LogP contribution in [0, 0.1) is 0 Å². The van der Waals surface area contributed by atoms with Gasteiger partial charge >= 0.3 is 0 Å². The van der Waals surface area contributed by atoms with Gasteiger partial charge in [0.2, 0.25) is 0 Å². The average Bonchev–Trinajstić information content (AvgIpc) is 3.01. The molecule has 0 unspecified atom stereocenters. The Kier molecular flexibility index (Phi) is 3.61. The number of nitrogens with one attached hydrogen (secondary N) is 1. The highest BCUT2D eigenvalue weighted by atomic mass is 32.1. The molecule has 2 aromatic carbocycles. The summed E-state index contributed by atoms with van der Waals surface area (Å²) < 4.78 is 0. The number of thiophene rings is 1. The molecular weight excluding hydrogens is 266 g/mol. The summed E-state index contributed by atoms with van der Waals surface area (Å²) in [6, 6.07) is 19.6. The van der Waals surface area contributed by atoms with Gasteiger partial charge in [-0.1, -0.05) is 42.5 Å². The monoisotopic (exact) mass is 279 g/mol. The molecular formula is C17H13NOS. The lowest BCUT2D eigenvalue weighted by Gasteiger charge is -2.05. The Morgan fingerprint density at radius 2 is 1.55 bits per heavy atom. The standard InChI is InChI=1S/C17H13NOS/c19-17(18-16-10-11-20-12-16)15-8-6-14(7-9-15)13-4-2-1-3-5-13/h1-12H,(H,18,19). The van der Waals surface area contributed by atoms with Crippen LogP contribution in [0.15, 0.2) is 71.4 Å². The van der Waals surface area contributed by atoms with E-state index in [0.717, 1.165) is 16.8 Å². The first-order valence-electron chi connectivity index (χ1n) is 6.32. The Balaban J connectivity index is 1.78. The van der Waals surface area contributed by atoms with Gasteiger partial charge in [-0.3, -0.25) is 4.79 Å². The van der Waals surface area contributed by atoms with Crippen LogP contribution in [0.3, 0.4) is 0 Å². The van der Waals surface area contributed by atoms with E-state index in [4.69, 9.17) is 0 Å². The molecule has 3 heteroatoms. The van der Waals surface area contributed by atoms with Crippen molar-refractivity contribution in [2.75, 3.05) is 5.32 Å². The fourth-order valence-electron chi connectivity index (χ4n) is 1.98. The van der Waals surface area contributed by atoms with Crippen LogP contribution >= 0.6 is 11.3 Å². The zero-order valence-electron chi connectivity index (χ0n) is 10.7. The van der Waals surface area contributed by atoms with Crippen LogP contribution in [0.5, 0.6) is 0 Å². The van der Waals surface area contributed by atoms with Crippen molar-refractivity contribution in [3.8, 4) is 11.1 Å². The zero-order valence-corrected chi connectivity index (χ0v) is 11.6. The third kappa shape index (κ3) is 2.78. The first-order chi connectivity index (χ1) is 9.83. The second-order valence-corrected chi connectivity index (χ2v) is 5.19. The number of anilines is 1. The number of carbonyl (C=O) groups is 1. The maximum atomic E-state index is 12.1. The molecule has 0 spiro atoms. The van der Waals surface area contributed by atoms with Gasteiger partial charge in [0.15, 0.2) is 0 Å². The highest BCUT2D eigenvalue weighted by Gasteiger charge is 2.06. The van der Waals surface area contributed by atoms with Crippen LogP contribution in [-0.4, -0.2) is 5.91 Å². The molecule has 20 heavy (non-hydrogen) atoms. The third-order valence-electron chi connectivity index (χ3n) is 3.03. The van der Waals surface area contributed by atoms with E-state index in [2.05, 4.69) is 17.4 Å². The van der Waals surface area contributed by atoms with Gasteiger partial charge in [-0.05, 0) is 34.7 Å². The second kappa shape index (κ2) is 5.72. The first-order valence-corrected chi connectivity index (χ1v) is 7.26. The molecule has 1 aromatic heterocycles. The largest absolute Gasteiger partial charge is 0.321 e. The van der Waals surface area contributed by atoms with E-state index in [0.29, 0.717) is 5.56 Å². The lowest BCUT2D eigenvalue weighted by atomic mass is 10.0. The van der Waals surface area contributed by atoms with Crippen molar-refractivity contribution < 1.29 is 4.79 Å². The molecule has 0 bridgehead atoms. The molecule has 0 atom stereocenters. The molecule has 1 amide bonds.